The zero-order valence-corrected chi connectivity index (χ0v) is 15.4. The van der Waals surface area contributed by atoms with E-state index in [9.17, 15) is 9.59 Å². The largest absolute Gasteiger partial charge is 0.475 e. The van der Waals surface area contributed by atoms with Crippen molar-refractivity contribution in [2.24, 2.45) is 0 Å². The summed E-state index contributed by atoms with van der Waals surface area (Å²) in [6.45, 7) is 3.33. The van der Waals surface area contributed by atoms with Gasteiger partial charge in [-0.05, 0) is 67.0 Å². The molecule has 0 aliphatic rings. The predicted octanol–water partition coefficient (Wildman–Crippen LogP) is 3.12. The highest BCUT2D eigenvalue weighted by Crippen LogP contribution is 2.27. The van der Waals surface area contributed by atoms with E-state index in [0.717, 1.165) is 22.0 Å². The lowest BCUT2D eigenvalue weighted by Crippen LogP contribution is -2.39. The molecule has 1 aromatic carbocycles. The number of hydrogen-bond acceptors (Lipinski definition) is 5. The molecule has 0 radical (unpaired) electrons. The molecular formula is C16H21IO5. The molecule has 6 heteroatoms. The summed E-state index contributed by atoms with van der Waals surface area (Å²) >= 11 is 2.17. The number of hydrogen-bond donors (Lipinski definition) is 0. The minimum absolute atomic E-state index is 0.200. The van der Waals surface area contributed by atoms with Crippen LogP contribution in [-0.2, 0) is 25.5 Å². The van der Waals surface area contributed by atoms with Crippen molar-refractivity contribution in [2.75, 3.05) is 14.2 Å². The molecule has 0 saturated carbocycles. The van der Waals surface area contributed by atoms with Crippen LogP contribution < -0.4 is 4.74 Å². The van der Waals surface area contributed by atoms with E-state index in [-0.39, 0.29) is 5.97 Å². The van der Waals surface area contributed by atoms with Crippen molar-refractivity contribution in [3.05, 3.63) is 27.3 Å². The first kappa shape index (κ1) is 18.7. The van der Waals surface area contributed by atoms with Crippen molar-refractivity contribution in [1.29, 1.82) is 0 Å². The Balaban J connectivity index is 2.69. The number of aryl methyl sites for hydroxylation is 1. The Morgan fingerprint density at radius 2 is 1.86 bits per heavy atom. The first-order valence-corrected chi connectivity index (χ1v) is 8.00. The van der Waals surface area contributed by atoms with Crippen LogP contribution in [0, 0.1) is 3.57 Å². The fourth-order valence-corrected chi connectivity index (χ4v) is 2.57. The Labute approximate surface area is 144 Å². The average molecular weight is 420 g/mol. The van der Waals surface area contributed by atoms with E-state index in [1.807, 2.05) is 18.2 Å². The van der Waals surface area contributed by atoms with Gasteiger partial charge in [-0.2, -0.15) is 0 Å². The van der Waals surface area contributed by atoms with Gasteiger partial charge in [0.15, 0.2) is 5.60 Å². The van der Waals surface area contributed by atoms with E-state index in [0.29, 0.717) is 12.2 Å². The van der Waals surface area contributed by atoms with Gasteiger partial charge in [-0.25, -0.2) is 4.79 Å². The van der Waals surface area contributed by atoms with E-state index >= 15 is 0 Å². The Morgan fingerprint density at radius 1 is 1.18 bits per heavy atom. The molecule has 22 heavy (non-hydrogen) atoms. The van der Waals surface area contributed by atoms with Crippen molar-refractivity contribution in [1.82, 2.24) is 0 Å². The number of benzene rings is 1. The zero-order valence-electron chi connectivity index (χ0n) is 13.3. The van der Waals surface area contributed by atoms with Gasteiger partial charge < -0.3 is 14.2 Å². The fourth-order valence-electron chi connectivity index (χ4n) is 1.88. The molecule has 0 fully saturated rings. The summed E-state index contributed by atoms with van der Waals surface area (Å²) in [6, 6.07) is 5.75. The number of carbonyl (C=O) groups is 2. The number of halogens is 1. The summed E-state index contributed by atoms with van der Waals surface area (Å²) < 4.78 is 16.0. The molecule has 0 amide bonds. The molecule has 1 rings (SSSR count). The van der Waals surface area contributed by atoms with Gasteiger partial charge in [-0.1, -0.05) is 6.07 Å². The topological polar surface area (TPSA) is 61.8 Å². The second-order valence-electron chi connectivity index (χ2n) is 5.30. The molecule has 0 aliphatic heterocycles. The molecule has 0 unspecified atom stereocenters. The molecule has 122 valence electrons. The first-order valence-electron chi connectivity index (χ1n) is 6.93. The van der Waals surface area contributed by atoms with Gasteiger partial charge in [0.25, 0.3) is 0 Å². The highest BCUT2D eigenvalue weighted by atomic mass is 127. The van der Waals surface area contributed by atoms with E-state index in [1.54, 1.807) is 13.8 Å². The summed E-state index contributed by atoms with van der Waals surface area (Å²) in [7, 11) is 2.73. The normalized spacial score (nSPS) is 11.0. The van der Waals surface area contributed by atoms with Crippen LogP contribution in [0.3, 0.4) is 0 Å². The summed E-state index contributed by atoms with van der Waals surface area (Å²) in [5.74, 6) is 0.00708. The molecule has 0 bridgehead atoms. The SMILES string of the molecule is COC(=O)CCCc1ccc(OC(C)(C)C(=O)OC)c(I)c1. The average Bonchev–Trinajstić information content (AvgIpc) is 2.48. The van der Waals surface area contributed by atoms with Gasteiger partial charge in [-0.15, -0.1) is 0 Å². The van der Waals surface area contributed by atoms with Crippen molar-refractivity contribution < 1.29 is 23.8 Å². The lowest BCUT2D eigenvalue weighted by molar-refractivity contribution is -0.156. The maximum Gasteiger partial charge on any atom is 0.349 e. The third kappa shape index (κ3) is 5.47. The summed E-state index contributed by atoms with van der Waals surface area (Å²) in [5, 5.41) is 0. The molecule has 0 atom stereocenters. The Kier molecular flexibility index (Phi) is 7.12. The molecule has 1 aromatic rings. The number of ether oxygens (including phenoxy) is 3. The second kappa shape index (κ2) is 8.36. The van der Waals surface area contributed by atoms with E-state index in [4.69, 9.17) is 9.47 Å². The van der Waals surface area contributed by atoms with Crippen molar-refractivity contribution in [2.45, 2.75) is 38.7 Å². The number of methoxy groups -OCH3 is 2. The monoisotopic (exact) mass is 420 g/mol. The van der Waals surface area contributed by atoms with Crippen molar-refractivity contribution in [3.63, 3.8) is 0 Å². The first-order chi connectivity index (χ1) is 10.3. The van der Waals surface area contributed by atoms with E-state index < -0.39 is 11.6 Å². The maximum atomic E-state index is 11.7. The Hall–Kier alpha value is -1.31. The molecule has 0 N–H and O–H groups in total. The quantitative estimate of drug-likeness (QED) is 0.501. The van der Waals surface area contributed by atoms with Crippen LogP contribution in [0.25, 0.3) is 0 Å². The van der Waals surface area contributed by atoms with Crippen LogP contribution in [0.2, 0.25) is 0 Å². The Morgan fingerprint density at radius 3 is 2.41 bits per heavy atom. The van der Waals surface area contributed by atoms with Gasteiger partial charge in [0.05, 0.1) is 17.8 Å². The summed E-state index contributed by atoms with van der Waals surface area (Å²) in [5.41, 5.74) is 0.0673. The molecular weight excluding hydrogens is 399 g/mol. The molecule has 0 spiro atoms. The van der Waals surface area contributed by atoms with Crippen LogP contribution in [0.1, 0.15) is 32.3 Å². The van der Waals surface area contributed by atoms with Crippen LogP contribution in [0.5, 0.6) is 5.75 Å². The van der Waals surface area contributed by atoms with Crippen LogP contribution in [0.15, 0.2) is 18.2 Å². The molecule has 5 nitrogen and oxygen atoms in total. The highest BCUT2D eigenvalue weighted by Gasteiger charge is 2.31. The third-order valence-corrected chi connectivity index (χ3v) is 3.96. The zero-order chi connectivity index (χ0) is 16.8. The summed E-state index contributed by atoms with van der Waals surface area (Å²) in [4.78, 5) is 22.7. The maximum absolute atomic E-state index is 11.7. The van der Waals surface area contributed by atoms with Gasteiger partial charge in [-0.3, -0.25) is 4.79 Å². The number of rotatable bonds is 7. The lowest BCUT2D eigenvalue weighted by Gasteiger charge is -2.24. The molecule has 0 saturated heterocycles. The van der Waals surface area contributed by atoms with E-state index in [1.165, 1.54) is 14.2 Å². The minimum Gasteiger partial charge on any atom is -0.475 e. The highest BCUT2D eigenvalue weighted by molar-refractivity contribution is 14.1. The van der Waals surface area contributed by atoms with Crippen LogP contribution in [-0.4, -0.2) is 31.8 Å². The van der Waals surface area contributed by atoms with Crippen molar-refractivity contribution >= 4 is 34.5 Å². The summed E-state index contributed by atoms with van der Waals surface area (Å²) in [6.07, 6.45) is 1.92. The Bertz CT molecular complexity index is 539. The van der Waals surface area contributed by atoms with Crippen LogP contribution in [0.4, 0.5) is 0 Å². The lowest BCUT2D eigenvalue weighted by atomic mass is 10.1. The van der Waals surface area contributed by atoms with Crippen molar-refractivity contribution in [3.8, 4) is 5.75 Å². The molecule has 0 aromatic heterocycles. The standard InChI is InChI=1S/C16H21IO5/c1-16(2,15(19)21-4)22-13-9-8-11(10-12(13)17)6-5-7-14(18)20-3/h8-10H,5-7H2,1-4H3. The third-order valence-electron chi connectivity index (χ3n) is 3.11. The van der Waals surface area contributed by atoms with Gasteiger partial charge >= 0.3 is 11.9 Å². The fraction of sp³-hybridized carbons (Fsp3) is 0.500. The van der Waals surface area contributed by atoms with Gasteiger partial charge in [0, 0.05) is 6.42 Å². The predicted molar refractivity (Wildman–Crippen MR) is 90.8 cm³/mol. The molecule has 0 aliphatic carbocycles. The van der Waals surface area contributed by atoms with Crippen LogP contribution >= 0.6 is 22.6 Å². The minimum atomic E-state index is -1.04. The molecule has 0 heterocycles. The van der Waals surface area contributed by atoms with Gasteiger partial charge in [0.1, 0.15) is 5.75 Å². The second-order valence-corrected chi connectivity index (χ2v) is 6.46. The number of carbonyl (C=O) groups excluding carboxylic acids is 2. The number of esters is 2. The van der Waals surface area contributed by atoms with E-state index in [2.05, 4.69) is 27.3 Å². The van der Waals surface area contributed by atoms with Gasteiger partial charge in [0.2, 0.25) is 0 Å². The smallest absolute Gasteiger partial charge is 0.349 e.